The van der Waals surface area contributed by atoms with Crippen molar-refractivity contribution in [2.45, 2.75) is 25.3 Å². The van der Waals surface area contributed by atoms with Crippen molar-refractivity contribution in [2.75, 3.05) is 4.90 Å². The molecule has 1 N–H and O–H groups in total. The van der Waals surface area contributed by atoms with Gasteiger partial charge < -0.3 is 9.67 Å². The van der Waals surface area contributed by atoms with Gasteiger partial charge in [0.2, 0.25) is 0 Å². The van der Waals surface area contributed by atoms with Crippen molar-refractivity contribution >= 4 is 40.2 Å². The standard InChI is InChI=1S/C19H15ClF2N6O2/c1-26-14-5-12(22)11(21)4-13(14)24-16(26)8-27(19(29)30)17-6-15(20)25-18-10(9-2-3-9)7-23-28(17)18/h4-7,9H,2-3,8H2,1H3,(H,29,30). The molecule has 1 aliphatic rings. The maximum absolute atomic E-state index is 13.6. The fraction of sp³-hybridized carbons (Fsp3) is 0.263. The summed E-state index contributed by atoms with van der Waals surface area (Å²) in [6, 6.07) is 3.42. The van der Waals surface area contributed by atoms with Gasteiger partial charge >= 0.3 is 6.09 Å². The molecule has 1 aromatic carbocycles. The summed E-state index contributed by atoms with van der Waals surface area (Å²) in [5.74, 6) is -1.17. The monoisotopic (exact) mass is 432 g/mol. The summed E-state index contributed by atoms with van der Waals surface area (Å²) < 4.78 is 30.2. The van der Waals surface area contributed by atoms with E-state index in [9.17, 15) is 18.7 Å². The lowest BCUT2D eigenvalue weighted by molar-refractivity contribution is 0.201. The van der Waals surface area contributed by atoms with E-state index in [1.807, 2.05) is 0 Å². The lowest BCUT2D eigenvalue weighted by Gasteiger charge is -2.20. The van der Waals surface area contributed by atoms with Crippen LogP contribution in [0.3, 0.4) is 0 Å². The number of hydrogen-bond donors (Lipinski definition) is 1. The highest BCUT2D eigenvalue weighted by Crippen LogP contribution is 2.42. The summed E-state index contributed by atoms with van der Waals surface area (Å²) in [6.45, 7) is -0.183. The Hall–Kier alpha value is -3.27. The number of halogens is 3. The maximum atomic E-state index is 13.6. The van der Waals surface area contributed by atoms with Crippen molar-refractivity contribution in [2.24, 2.45) is 7.05 Å². The Kier molecular flexibility index (Phi) is 4.14. The van der Waals surface area contributed by atoms with Crippen LogP contribution in [0.25, 0.3) is 16.7 Å². The predicted molar refractivity (Wildman–Crippen MR) is 105 cm³/mol. The highest BCUT2D eigenvalue weighted by Gasteiger charge is 2.30. The number of rotatable bonds is 4. The van der Waals surface area contributed by atoms with Gasteiger partial charge in [0.25, 0.3) is 0 Å². The molecule has 1 amide bonds. The van der Waals surface area contributed by atoms with Crippen LogP contribution in [0.4, 0.5) is 19.4 Å². The number of fused-ring (bicyclic) bond motifs is 2. The third-order valence-electron chi connectivity index (χ3n) is 5.29. The van der Waals surface area contributed by atoms with Gasteiger partial charge in [-0.25, -0.2) is 23.5 Å². The summed E-state index contributed by atoms with van der Waals surface area (Å²) in [6.07, 6.45) is 2.48. The van der Waals surface area contributed by atoms with Gasteiger partial charge in [-0.3, -0.25) is 4.90 Å². The first kappa shape index (κ1) is 18.7. The third-order valence-corrected chi connectivity index (χ3v) is 5.48. The molecule has 4 aromatic rings. The summed E-state index contributed by atoms with van der Waals surface area (Å²) in [5.41, 5.74) is 2.02. The Morgan fingerprint density at radius 3 is 2.70 bits per heavy atom. The topological polar surface area (TPSA) is 88.5 Å². The largest absolute Gasteiger partial charge is 0.465 e. The summed E-state index contributed by atoms with van der Waals surface area (Å²) in [4.78, 5) is 21.7. The molecule has 0 aliphatic heterocycles. The summed E-state index contributed by atoms with van der Waals surface area (Å²) >= 11 is 6.18. The second-order valence-electron chi connectivity index (χ2n) is 7.26. The van der Waals surface area contributed by atoms with E-state index in [1.54, 1.807) is 13.2 Å². The van der Waals surface area contributed by atoms with Crippen molar-refractivity contribution in [1.29, 1.82) is 0 Å². The molecule has 154 valence electrons. The van der Waals surface area contributed by atoms with Crippen LogP contribution in [0, 0.1) is 11.6 Å². The lowest BCUT2D eigenvalue weighted by Crippen LogP contribution is -2.31. The molecule has 0 atom stereocenters. The van der Waals surface area contributed by atoms with Crippen LogP contribution < -0.4 is 4.90 Å². The van der Waals surface area contributed by atoms with E-state index in [0.29, 0.717) is 22.9 Å². The number of aromatic nitrogens is 5. The van der Waals surface area contributed by atoms with Gasteiger partial charge in [0.15, 0.2) is 17.3 Å². The molecule has 11 heteroatoms. The molecule has 30 heavy (non-hydrogen) atoms. The fourth-order valence-corrected chi connectivity index (χ4v) is 3.75. The predicted octanol–water partition coefficient (Wildman–Crippen LogP) is 4.11. The number of carbonyl (C=O) groups is 1. The number of anilines is 1. The number of aryl methyl sites for hydroxylation is 1. The van der Waals surface area contributed by atoms with E-state index in [4.69, 9.17) is 11.6 Å². The minimum absolute atomic E-state index is 0.139. The molecule has 1 saturated carbocycles. The molecule has 0 spiro atoms. The molecule has 3 heterocycles. The van der Waals surface area contributed by atoms with Gasteiger partial charge in [0, 0.05) is 30.8 Å². The van der Waals surface area contributed by atoms with E-state index in [2.05, 4.69) is 15.1 Å². The maximum Gasteiger partial charge on any atom is 0.413 e. The number of hydrogen-bond acceptors (Lipinski definition) is 4. The molecule has 1 aliphatic carbocycles. The molecule has 0 radical (unpaired) electrons. The quantitative estimate of drug-likeness (QED) is 0.490. The summed E-state index contributed by atoms with van der Waals surface area (Å²) in [7, 11) is 1.61. The van der Waals surface area contributed by atoms with E-state index in [-0.39, 0.29) is 23.0 Å². The van der Waals surface area contributed by atoms with E-state index in [0.717, 1.165) is 35.4 Å². The minimum atomic E-state index is -1.26. The van der Waals surface area contributed by atoms with Crippen LogP contribution >= 0.6 is 11.6 Å². The van der Waals surface area contributed by atoms with E-state index < -0.39 is 17.7 Å². The summed E-state index contributed by atoms with van der Waals surface area (Å²) in [5, 5.41) is 14.3. The zero-order chi connectivity index (χ0) is 21.2. The minimum Gasteiger partial charge on any atom is -0.465 e. The van der Waals surface area contributed by atoms with Gasteiger partial charge in [-0.1, -0.05) is 11.6 Å². The first-order valence-corrected chi connectivity index (χ1v) is 9.56. The average Bonchev–Trinajstić information content (AvgIpc) is 3.38. The fourth-order valence-electron chi connectivity index (χ4n) is 3.58. The normalized spacial score (nSPS) is 14.0. The van der Waals surface area contributed by atoms with Crippen LogP contribution in [0.2, 0.25) is 5.15 Å². The Bertz CT molecular complexity index is 1330. The van der Waals surface area contributed by atoms with Crippen molar-refractivity contribution in [1.82, 2.24) is 24.1 Å². The van der Waals surface area contributed by atoms with Crippen molar-refractivity contribution in [3.63, 3.8) is 0 Å². The van der Waals surface area contributed by atoms with Gasteiger partial charge in [0.1, 0.15) is 16.8 Å². The van der Waals surface area contributed by atoms with Crippen LogP contribution in [0.15, 0.2) is 24.4 Å². The molecule has 8 nitrogen and oxygen atoms in total. The van der Waals surface area contributed by atoms with Gasteiger partial charge in [-0.2, -0.15) is 9.61 Å². The number of imidazole rings is 1. The molecule has 1 fully saturated rings. The Morgan fingerprint density at radius 1 is 1.27 bits per heavy atom. The van der Waals surface area contributed by atoms with E-state index >= 15 is 0 Å². The second-order valence-corrected chi connectivity index (χ2v) is 7.64. The average molecular weight is 433 g/mol. The van der Waals surface area contributed by atoms with E-state index in [1.165, 1.54) is 15.1 Å². The smallest absolute Gasteiger partial charge is 0.413 e. The zero-order valence-corrected chi connectivity index (χ0v) is 16.4. The lowest BCUT2D eigenvalue weighted by atomic mass is 10.2. The number of benzene rings is 1. The Balaban J connectivity index is 1.61. The Labute approximate surface area is 173 Å². The SMILES string of the molecule is Cn1c(CN(C(=O)O)c2cc(Cl)nc3c(C4CC4)cnn23)nc2cc(F)c(F)cc21. The first-order chi connectivity index (χ1) is 14.3. The molecule has 3 aromatic heterocycles. The van der Waals surface area contributed by atoms with Crippen LogP contribution in [0.5, 0.6) is 0 Å². The first-order valence-electron chi connectivity index (χ1n) is 9.18. The number of carboxylic acid groups (broad SMARTS) is 1. The molecule has 5 rings (SSSR count). The van der Waals surface area contributed by atoms with Gasteiger partial charge in [-0.05, 0) is 18.8 Å². The van der Waals surface area contributed by atoms with Crippen LogP contribution in [-0.2, 0) is 13.6 Å². The Morgan fingerprint density at radius 2 is 2.00 bits per heavy atom. The highest BCUT2D eigenvalue weighted by molar-refractivity contribution is 6.29. The van der Waals surface area contributed by atoms with Crippen molar-refractivity contribution in [3.8, 4) is 0 Å². The van der Waals surface area contributed by atoms with Crippen LogP contribution in [-0.4, -0.2) is 35.3 Å². The molecular weight excluding hydrogens is 418 g/mol. The van der Waals surface area contributed by atoms with Crippen molar-refractivity contribution < 1.29 is 18.7 Å². The van der Waals surface area contributed by atoms with Crippen LogP contribution in [0.1, 0.15) is 30.1 Å². The van der Waals surface area contributed by atoms with Crippen molar-refractivity contribution in [3.05, 3.63) is 52.6 Å². The number of nitrogens with zero attached hydrogens (tertiary/aromatic N) is 6. The molecule has 0 unspecified atom stereocenters. The van der Waals surface area contributed by atoms with Gasteiger partial charge in [-0.15, -0.1) is 0 Å². The third kappa shape index (κ3) is 2.95. The zero-order valence-electron chi connectivity index (χ0n) is 15.7. The highest BCUT2D eigenvalue weighted by atomic mass is 35.5. The molecule has 0 saturated heterocycles. The molecule has 0 bridgehead atoms. The number of amides is 1. The second kappa shape index (κ2) is 6.63. The van der Waals surface area contributed by atoms with Gasteiger partial charge in [0.05, 0.1) is 23.8 Å². The molecular formula is C19H15ClF2N6O2.